The van der Waals surface area contributed by atoms with Crippen LogP contribution in [-0.2, 0) is 18.7 Å². The number of nitrogens with two attached hydrogens (primary N) is 2. The molecule has 0 aromatic rings. The molecule has 0 spiro atoms. The number of hydrogen-bond acceptors (Lipinski definition) is 4. The van der Waals surface area contributed by atoms with Gasteiger partial charge in [0.15, 0.2) is 0 Å². The summed E-state index contributed by atoms with van der Waals surface area (Å²) in [4.78, 5) is 42.5. The normalized spacial score (nSPS) is 16.8. The molecule has 172 valence electrons. The number of Topliss-reactive ketones (excluding diaryl/α,β-unsaturated/α-hetero) is 2. The van der Waals surface area contributed by atoms with Crippen molar-refractivity contribution in [1.82, 2.24) is 0 Å². The van der Waals surface area contributed by atoms with Gasteiger partial charge in [0.25, 0.3) is 15.0 Å². The van der Waals surface area contributed by atoms with Gasteiger partial charge >= 0.3 is 0 Å². The Balaban J connectivity index is 3.98. The van der Waals surface area contributed by atoms with E-state index >= 15 is 0 Å². The van der Waals surface area contributed by atoms with Gasteiger partial charge in [0.2, 0.25) is 0 Å². The summed E-state index contributed by atoms with van der Waals surface area (Å²) in [6, 6.07) is 0. The van der Waals surface area contributed by atoms with Gasteiger partial charge in [0.1, 0.15) is 11.6 Å². The van der Waals surface area contributed by atoms with Crippen molar-refractivity contribution in [1.29, 1.82) is 0 Å². The van der Waals surface area contributed by atoms with E-state index in [9.17, 15) is 28.5 Å². The van der Waals surface area contributed by atoms with E-state index in [4.69, 9.17) is 11.0 Å². The molecule has 0 aliphatic carbocycles. The van der Waals surface area contributed by atoms with Crippen LogP contribution < -0.4 is 11.0 Å². The molecule has 0 heterocycles. The predicted molar refractivity (Wildman–Crippen MR) is 117 cm³/mol. The van der Waals surface area contributed by atoms with Crippen molar-refractivity contribution in [2.45, 2.75) is 85.5 Å². The summed E-state index contributed by atoms with van der Waals surface area (Å²) in [5, 5.41) is 0. The number of ketones is 2. The molecule has 29 heavy (non-hydrogen) atoms. The van der Waals surface area contributed by atoms with Crippen molar-refractivity contribution in [3.05, 3.63) is 0 Å². The van der Waals surface area contributed by atoms with E-state index in [1.165, 1.54) is 0 Å². The largest absolute Gasteiger partial charge is 0.333 e. The van der Waals surface area contributed by atoms with Crippen LogP contribution in [0.3, 0.4) is 0 Å². The minimum atomic E-state index is -3.57. The van der Waals surface area contributed by atoms with Crippen molar-refractivity contribution in [3.63, 3.8) is 0 Å². The molecule has 0 fully saturated rings. The third-order valence-corrected chi connectivity index (χ3v) is 7.46. The van der Waals surface area contributed by atoms with Gasteiger partial charge in [-0.2, -0.15) is 0 Å². The summed E-state index contributed by atoms with van der Waals surface area (Å²) in [6.07, 6.45) is 4.61. The zero-order valence-electron chi connectivity index (χ0n) is 18.4. The molecule has 6 N–H and O–H groups in total. The Morgan fingerprint density at radius 2 is 0.966 bits per heavy atom. The second-order valence-corrected chi connectivity index (χ2v) is 13.4. The molecular weight excluding hydrogens is 414 g/mol. The van der Waals surface area contributed by atoms with Crippen LogP contribution in [0, 0.1) is 10.8 Å². The van der Waals surface area contributed by atoms with Crippen LogP contribution in [0.25, 0.3) is 0 Å². The molecule has 0 aliphatic heterocycles. The second kappa shape index (κ2) is 11.9. The van der Waals surface area contributed by atoms with E-state index in [-0.39, 0.29) is 23.9 Å². The fourth-order valence-corrected chi connectivity index (χ4v) is 6.42. The number of rotatable bonds is 16. The summed E-state index contributed by atoms with van der Waals surface area (Å²) in [5.74, 6) is 0.188. The van der Waals surface area contributed by atoms with Crippen LogP contribution in [0.15, 0.2) is 0 Å². The van der Waals surface area contributed by atoms with Gasteiger partial charge in [-0.05, 0) is 42.9 Å². The maximum absolute atomic E-state index is 12.0. The minimum Gasteiger partial charge on any atom is -0.333 e. The van der Waals surface area contributed by atoms with Crippen molar-refractivity contribution in [2.75, 3.05) is 12.3 Å². The van der Waals surface area contributed by atoms with E-state index in [1.807, 2.05) is 27.7 Å². The topological polar surface area (TPSA) is 161 Å². The van der Waals surface area contributed by atoms with Crippen LogP contribution >= 0.6 is 15.0 Å². The average molecular weight is 454 g/mol. The van der Waals surface area contributed by atoms with E-state index in [1.54, 1.807) is 0 Å². The summed E-state index contributed by atoms with van der Waals surface area (Å²) < 4.78 is 22.7. The maximum Gasteiger partial charge on any atom is 0.265 e. The average Bonchev–Trinajstić information content (AvgIpc) is 2.41. The molecule has 0 bridgehead atoms. The third-order valence-electron chi connectivity index (χ3n) is 4.84. The fraction of sp³-hybridized carbons (Fsp3) is 0.895. The Kier molecular flexibility index (Phi) is 11.7. The van der Waals surface area contributed by atoms with E-state index in [0.29, 0.717) is 57.8 Å². The molecule has 10 heteroatoms. The second-order valence-electron chi connectivity index (χ2n) is 9.79. The predicted octanol–water partition coefficient (Wildman–Crippen LogP) is 3.98. The number of hydrogen-bond donors (Lipinski definition) is 4. The lowest BCUT2D eigenvalue weighted by atomic mass is 9.88. The SMILES string of the molecule is CC(C)(CCCC(=O)CCCC(=O)CCCC(C)(C)CP(N)(=O)O)CP(N)(=O)O. The summed E-state index contributed by atoms with van der Waals surface area (Å²) in [6.45, 7) is 7.44. The van der Waals surface area contributed by atoms with Gasteiger partial charge in [-0.3, -0.25) is 29.7 Å². The molecule has 0 amide bonds. The molecule has 0 saturated carbocycles. The van der Waals surface area contributed by atoms with Gasteiger partial charge in [-0.15, -0.1) is 0 Å². The highest BCUT2D eigenvalue weighted by atomic mass is 31.2. The monoisotopic (exact) mass is 454 g/mol. The highest BCUT2D eigenvalue weighted by molar-refractivity contribution is 7.55. The smallest absolute Gasteiger partial charge is 0.265 e. The van der Waals surface area contributed by atoms with Crippen molar-refractivity contribution < 1.29 is 28.5 Å². The molecule has 2 atom stereocenters. The van der Waals surface area contributed by atoms with Gasteiger partial charge in [-0.25, -0.2) is 0 Å². The minimum absolute atomic E-state index is 0.0284. The Hall–Kier alpha value is -0.360. The number of carbonyl (C=O) groups excluding carboxylic acids is 2. The van der Waals surface area contributed by atoms with Crippen LogP contribution in [0.4, 0.5) is 0 Å². The van der Waals surface area contributed by atoms with E-state index in [0.717, 1.165) is 0 Å². The maximum atomic E-state index is 12.0. The van der Waals surface area contributed by atoms with Gasteiger partial charge in [0, 0.05) is 38.0 Å². The first-order valence-corrected chi connectivity index (χ1v) is 14.0. The van der Waals surface area contributed by atoms with Crippen LogP contribution in [0.5, 0.6) is 0 Å². The lowest BCUT2D eigenvalue weighted by Crippen LogP contribution is -2.20. The zero-order valence-corrected chi connectivity index (χ0v) is 20.1. The van der Waals surface area contributed by atoms with Crippen molar-refractivity contribution >= 4 is 26.6 Å². The van der Waals surface area contributed by atoms with E-state index in [2.05, 4.69) is 0 Å². The Bertz CT molecular complexity index is 583. The molecule has 0 aliphatic rings. The molecule has 8 nitrogen and oxygen atoms in total. The molecule has 0 saturated heterocycles. The Labute approximate surface area is 175 Å². The molecule has 2 unspecified atom stereocenters. The van der Waals surface area contributed by atoms with Gasteiger partial charge < -0.3 is 9.79 Å². The highest BCUT2D eigenvalue weighted by Crippen LogP contribution is 2.41. The van der Waals surface area contributed by atoms with Crippen molar-refractivity contribution in [3.8, 4) is 0 Å². The quantitative estimate of drug-likeness (QED) is 0.255. The third kappa shape index (κ3) is 18.2. The standard InChI is InChI=1S/C19H40N2O6P2/c1-18(2,14-28(20,24)25)12-6-10-16(22)8-5-9-17(23)11-7-13-19(3,4)15-29(21,26)27/h5-15H2,1-4H3,(H3,20,24,25)(H3,21,26,27). The molecule has 0 aromatic carbocycles. The summed E-state index contributed by atoms with van der Waals surface area (Å²) in [5.41, 5.74) is 9.65. The molecule has 0 aromatic heterocycles. The summed E-state index contributed by atoms with van der Waals surface area (Å²) in [7, 11) is -7.13. The number of carbonyl (C=O) groups is 2. The zero-order chi connectivity index (χ0) is 22.9. The van der Waals surface area contributed by atoms with Crippen molar-refractivity contribution in [2.24, 2.45) is 21.8 Å². The molecular formula is C19H40N2O6P2. The summed E-state index contributed by atoms with van der Waals surface area (Å²) >= 11 is 0. The van der Waals surface area contributed by atoms with E-state index < -0.39 is 25.9 Å². The van der Waals surface area contributed by atoms with Crippen LogP contribution in [-0.4, -0.2) is 33.7 Å². The highest BCUT2D eigenvalue weighted by Gasteiger charge is 2.27. The first-order valence-electron chi connectivity index (χ1n) is 10.2. The first kappa shape index (κ1) is 28.6. The van der Waals surface area contributed by atoms with Crippen LogP contribution in [0.2, 0.25) is 0 Å². The first-order chi connectivity index (χ1) is 12.9. The lowest BCUT2D eigenvalue weighted by molar-refractivity contribution is -0.120. The molecule has 0 radical (unpaired) electrons. The lowest BCUT2D eigenvalue weighted by Gasteiger charge is -2.25. The van der Waals surface area contributed by atoms with Crippen LogP contribution in [0.1, 0.15) is 85.5 Å². The Morgan fingerprint density at radius 3 is 1.24 bits per heavy atom. The fourth-order valence-electron chi connectivity index (χ4n) is 3.65. The van der Waals surface area contributed by atoms with Gasteiger partial charge in [-0.1, -0.05) is 27.7 Å². The Morgan fingerprint density at radius 1 is 0.690 bits per heavy atom. The van der Waals surface area contributed by atoms with Gasteiger partial charge in [0.05, 0.1) is 0 Å². The molecule has 0 rings (SSSR count).